The van der Waals surface area contributed by atoms with Gasteiger partial charge in [0.25, 0.3) is 0 Å². The molecular weight excluding hydrogens is 192 g/mol. The summed E-state index contributed by atoms with van der Waals surface area (Å²) in [7, 11) is -2.04. The van der Waals surface area contributed by atoms with Gasteiger partial charge in [-0.2, -0.15) is 0 Å². The van der Waals surface area contributed by atoms with Gasteiger partial charge >= 0.3 is 8.56 Å². The van der Waals surface area contributed by atoms with Crippen molar-refractivity contribution in [3.05, 3.63) is 11.8 Å². The van der Waals surface area contributed by atoms with Crippen molar-refractivity contribution >= 4 is 20.2 Å². The van der Waals surface area contributed by atoms with E-state index in [1.807, 2.05) is 32.2 Å². The van der Waals surface area contributed by atoms with Crippen LogP contribution in [-0.2, 0) is 8.85 Å². The summed E-state index contributed by atoms with van der Waals surface area (Å²) in [6.07, 6.45) is 1.89. The SMILES string of the molecule is CCO[Si](C)(/C=C/CCl)OCC. The molecule has 0 aromatic carbocycles. The van der Waals surface area contributed by atoms with Crippen LogP contribution in [0, 0.1) is 0 Å². The number of hydrogen-bond acceptors (Lipinski definition) is 2. The Labute approximate surface area is 80.8 Å². The molecule has 0 unspecified atom stereocenters. The molecule has 0 N–H and O–H groups in total. The van der Waals surface area contributed by atoms with E-state index in [0.29, 0.717) is 19.1 Å². The van der Waals surface area contributed by atoms with Crippen molar-refractivity contribution in [2.24, 2.45) is 0 Å². The third kappa shape index (κ3) is 4.93. The van der Waals surface area contributed by atoms with Gasteiger partial charge in [0.15, 0.2) is 0 Å². The van der Waals surface area contributed by atoms with E-state index in [4.69, 9.17) is 20.5 Å². The maximum atomic E-state index is 5.54. The first-order valence-corrected chi connectivity index (χ1v) is 7.13. The molecule has 0 aliphatic heterocycles. The average molecular weight is 209 g/mol. The highest BCUT2D eigenvalue weighted by Crippen LogP contribution is 2.08. The van der Waals surface area contributed by atoms with E-state index in [0.717, 1.165) is 0 Å². The Morgan fingerprint density at radius 1 is 1.25 bits per heavy atom. The third-order valence-electron chi connectivity index (χ3n) is 1.37. The van der Waals surface area contributed by atoms with E-state index in [9.17, 15) is 0 Å². The summed E-state index contributed by atoms with van der Waals surface area (Å²) >= 11 is 5.53. The minimum Gasteiger partial charge on any atom is -0.392 e. The van der Waals surface area contributed by atoms with Crippen LogP contribution in [0.5, 0.6) is 0 Å². The standard InChI is InChI=1S/C8H17ClO2Si/c1-4-10-12(3,11-5-2)8-6-7-9/h6,8H,4-5,7H2,1-3H3/b8-6+. The van der Waals surface area contributed by atoms with E-state index >= 15 is 0 Å². The molecule has 0 radical (unpaired) electrons. The molecule has 0 amide bonds. The summed E-state index contributed by atoms with van der Waals surface area (Å²) in [4.78, 5) is 0. The van der Waals surface area contributed by atoms with Crippen LogP contribution in [0.25, 0.3) is 0 Å². The second kappa shape index (κ2) is 6.66. The number of alkyl halides is 1. The topological polar surface area (TPSA) is 18.5 Å². The maximum absolute atomic E-state index is 5.54. The van der Waals surface area contributed by atoms with Crippen LogP contribution in [0.15, 0.2) is 11.8 Å². The Bertz CT molecular complexity index is 133. The molecule has 0 saturated carbocycles. The highest BCUT2D eigenvalue weighted by molar-refractivity contribution is 6.71. The van der Waals surface area contributed by atoms with Crippen LogP contribution in [0.4, 0.5) is 0 Å². The van der Waals surface area contributed by atoms with E-state index in [1.54, 1.807) is 0 Å². The van der Waals surface area contributed by atoms with Crippen LogP contribution in [0.2, 0.25) is 6.55 Å². The lowest BCUT2D eigenvalue weighted by atomic mass is 10.8. The van der Waals surface area contributed by atoms with Crippen molar-refractivity contribution in [1.82, 2.24) is 0 Å². The Morgan fingerprint density at radius 2 is 1.75 bits per heavy atom. The van der Waals surface area contributed by atoms with Crippen molar-refractivity contribution < 1.29 is 8.85 Å². The summed E-state index contributed by atoms with van der Waals surface area (Å²) in [5.74, 6) is 0.517. The lowest BCUT2D eigenvalue weighted by Crippen LogP contribution is -2.36. The largest absolute Gasteiger partial charge is 0.392 e. The summed E-state index contributed by atoms with van der Waals surface area (Å²) < 4.78 is 11.1. The van der Waals surface area contributed by atoms with Crippen LogP contribution in [-0.4, -0.2) is 27.7 Å². The first kappa shape index (κ1) is 12.2. The second-order valence-electron chi connectivity index (χ2n) is 2.44. The highest BCUT2D eigenvalue weighted by atomic mass is 35.5. The Kier molecular flexibility index (Phi) is 6.75. The summed E-state index contributed by atoms with van der Waals surface area (Å²) in [5.41, 5.74) is 1.98. The first-order valence-electron chi connectivity index (χ1n) is 4.20. The van der Waals surface area contributed by atoms with Crippen LogP contribution < -0.4 is 0 Å². The van der Waals surface area contributed by atoms with Crippen molar-refractivity contribution in [3.8, 4) is 0 Å². The fourth-order valence-electron chi connectivity index (χ4n) is 0.970. The van der Waals surface area contributed by atoms with E-state index in [2.05, 4.69) is 0 Å². The van der Waals surface area contributed by atoms with Gasteiger partial charge in [-0.25, -0.2) is 0 Å². The number of rotatable bonds is 6. The molecule has 0 saturated heterocycles. The van der Waals surface area contributed by atoms with Gasteiger partial charge in [0, 0.05) is 19.1 Å². The summed E-state index contributed by atoms with van der Waals surface area (Å²) in [6, 6.07) is 0. The smallest absolute Gasteiger partial charge is 0.361 e. The van der Waals surface area contributed by atoms with E-state index in [-0.39, 0.29) is 0 Å². The van der Waals surface area contributed by atoms with Crippen molar-refractivity contribution in [2.75, 3.05) is 19.1 Å². The van der Waals surface area contributed by atoms with Crippen LogP contribution in [0.3, 0.4) is 0 Å². The molecule has 0 rings (SSSR count). The van der Waals surface area contributed by atoms with Gasteiger partial charge in [0.05, 0.1) is 0 Å². The number of halogens is 1. The molecule has 0 atom stereocenters. The predicted molar refractivity (Wildman–Crippen MR) is 54.7 cm³/mol. The Morgan fingerprint density at radius 3 is 2.08 bits per heavy atom. The van der Waals surface area contributed by atoms with E-state index in [1.165, 1.54) is 0 Å². The van der Waals surface area contributed by atoms with Crippen molar-refractivity contribution in [1.29, 1.82) is 0 Å². The van der Waals surface area contributed by atoms with E-state index < -0.39 is 8.56 Å². The van der Waals surface area contributed by atoms with Gasteiger partial charge in [-0.15, -0.1) is 11.6 Å². The van der Waals surface area contributed by atoms with Gasteiger partial charge < -0.3 is 8.85 Å². The molecule has 4 heteroatoms. The molecule has 0 spiro atoms. The fourth-order valence-corrected chi connectivity index (χ4v) is 3.18. The maximum Gasteiger partial charge on any atom is 0.361 e. The Balaban J connectivity index is 4.06. The monoisotopic (exact) mass is 208 g/mol. The molecule has 0 aliphatic carbocycles. The molecule has 72 valence electrons. The zero-order valence-corrected chi connectivity index (χ0v) is 9.73. The van der Waals surface area contributed by atoms with Crippen molar-refractivity contribution in [2.45, 2.75) is 20.4 Å². The van der Waals surface area contributed by atoms with Crippen LogP contribution >= 0.6 is 11.6 Å². The summed E-state index contributed by atoms with van der Waals surface area (Å²) in [5, 5.41) is 0. The number of allylic oxidation sites excluding steroid dienone is 1. The molecule has 0 bridgehead atoms. The molecule has 0 aliphatic rings. The minimum absolute atomic E-state index is 0.517. The van der Waals surface area contributed by atoms with Crippen LogP contribution in [0.1, 0.15) is 13.8 Å². The normalized spacial score (nSPS) is 12.7. The molecule has 0 fully saturated rings. The molecule has 0 heterocycles. The number of hydrogen-bond donors (Lipinski definition) is 0. The van der Waals surface area contributed by atoms with Gasteiger partial charge in [0.1, 0.15) is 0 Å². The third-order valence-corrected chi connectivity index (χ3v) is 4.11. The Hall–Kier alpha value is 0.167. The zero-order valence-electron chi connectivity index (χ0n) is 7.97. The first-order chi connectivity index (χ1) is 5.68. The molecule has 0 aromatic heterocycles. The fraction of sp³-hybridized carbons (Fsp3) is 0.750. The lowest BCUT2D eigenvalue weighted by molar-refractivity contribution is 0.201. The van der Waals surface area contributed by atoms with Gasteiger partial charge in [-0.3, -0.25) is 0 Å². The lowest BCUT2D eigenvalue weighted by Gasteiger charge is -2.21. The zero-order chi connectivity index (χ0) is 9.45. The minimum atomic E-state index is -2.04. The summed E-state index contributed by atoms with van der Waals surface area (Å²) in [6.45, 7) is 7.34. The molecular formula is C8H17ClO2Si. The molecule has 2 nitrogen and oxygen atoms in total. The van der Waals surface area contributed by atoms with Gasteiger partial charge in [-0.1, -0.05) is 6.08 Å². The predicted octanol–water partition coefficient (Wildman–Crippen LogP) is 2.47. The second-order valence-corrected chi connectivity index (χ2v) is 5.69. The average Bonchev–Trinajstić information content (AvgIpc) is 2.02. The quantitative estimate of drug-likeness (QED) is 0.493. The van der Waals surface area contributed by atoms with Gasteiger partial charge in [-0.05, 0) is 26.1 Å². The highest BCUT2D eigenvalue weighted by Gasteiger charge is 2.26. The molecule has 12 heavy (non-hydrogen) atoms. The van der Waals surface area contributed by atoms with Crippen molar-refractivity contribution in [3.63, 3.8) is 0 Å². The van der Waals surface area contributed by atoms with Gasteiger partial charge in [0.2, 0.25) is 0 Å². The molecule has 0 aromatic rings.